The standard InChI is InChI=1S/C20H32N2O5/c1-6-26-19-14(10-15(23)27-19)21-17(24)16-12-7-8-13(9-12)22(16)18(25)11(2)20(3,4)5/h11-14,16,19H,6-10H2,1-5H3,(H,21,24). The van der Waals surface area contributed by atoms with Gasteiger partial charge >= 0.3 is 5.97 Å². The van der Waals surface area contributed by atoms with Crippen molar-refractivity contribution in [3.8, 4) is 0 Å². The number of piperidine rings is 1. The van der Waals surface area contributed by atoms with E-state index in [-0.39, 0.29) is 47.5 Å². The zero-order valence-corrected chi connectivity index (χ0v) is 17.0. The number of carbonyl (C=O) groups is 3. The van der Waals surface area contributed by atoms with E-state index in [1.54, 1.807) is 0 Å². The molecule has 3 rings (SSSR count). The van der Waals surface area contributed by atoms with Crippen LogP contribution in [-0.4, -0.2) is 53.7 Å². The fourth-order valence-corrected chi connectivity index (χ4v) is 4.47. The number of cyclic esters (lactones) is 1. The third-order valence-electron chi connectivity index (χ3n) is 6.40. The van der Waals surface area contributed by atoms with Gasteiger partial charge in [0.05, 0.1) is 6.42 Å². The second-order valence-electron chi connectivity index (χ2n) is 9.14. The van der Waals surface area contributed by atoms with Crippen LogP contribution in [0.2, 0.25) is 0 Å². The van der Waals surface area contributed by atoms with Gasteiger partial charge in [0.2, 0.25) is 18.1 Å². The fourth-order valence-electron chi connectivity index (χ4n) is 4.47. The van der Waals surface area contributed by atoms with E-state index in [0.717, 1.165) is 19.3 Å². The molecule has 152 valence electrons. The molecule has 2 aliphatic heterocycles. The molecule has 0 aromatic heterocycles. The largest absolute Gasteiger partial charge is 0.433 e. The highest BCUT2D eigenvalue weighted by atomic mass is 16.7. The van der Waals surface area contributed by atoms with Gasteiger partial charge in [0.15, 0.2) is 0 Å². The van der Waals surface area contributed by atoms with Crippen molar-refractivity contribution in [2.45, 2.75) is 84.7 Å². The highest BCUT2D eigenvalue weighted by Gasteiger charge is 2.53. The molecule has 2 amide bonds. The van der Waals surface area contributed by atoms with E-state index in [0.29, 0.717) is 6.61 Å². The van der Waals surface area contributed by atoms with Gasteiger partial charge in [-0.05, 0) is 37.5 Å². The number of esters is 1. The number of ether oxygens (including phenoxy) is 2. The summed E-state index contributed by atoms with van der Waals surface area (Å²) in [5.41, 5.74) is -0.161. The predicted octanol–water partition coefficient (Wildman–Crippen LogP) is 1.84. The lowest BCUT2D eigenvalue weighted by atomic mass is 9.80. The Kier molecular flexibility index (Phi) is 5.52. The zero-order chi connectivity index (χ0) is 19.9. The molecule has 2 bridgehead atoms. The zero-order valence-electron chi connectivity index (χ0n) is 17.0. The molecule has 1 N–H and O–H groups in total. The number of amides is 2. The van der Waals surface area contributed by atoms with Crippen molar-refractivity contribution >= 4 is 17.8 Å². The predicted molar refractivity (Wildman–Crippen MR) is 98.4 cm³/mol. The van der Waals surface area contributed by atoms with Gasteiger partial charge < -0.3 is 19.7 Å². The SMILES string of the molecule is CCOC1OC(=O)CC1NC(=O)C1C2CCC(C2)N1C(=O)C(C)C(C)(C)C. The number of nitrogens with zero attached hydrogens (tertiary/aromatic N) is 1. The topological polar surface area (TPSA) is 84.9 Å². The Balaban J connectivity index is 1.74. The molecule has 7 heteroatoms. The van der Waals surface area contributed by atoms with Crippen LogP contribution >= 0.6 is 0 Å². The first kappa shape index (κ1) is 20.1. The van der Waals surface area contributed by atoms with Gasteiger partial charge in [0, 0.05) is 18.6 Å². The first-order chi connectivity index (χ1) is 12.6. The maximum Gasteiger partial charge on any atom is 0.310 e. The van der Waals surface area contributed by atoms with Crippen molar-refractivity contribution in [2.75, 3.05) is 6.61 Å². The smallest absolute Gasteiger partial charge is 0.310 e. The highest BCUT2D eigenvalue weighted by molar-refractivity contribution is 5.90. The minimum Gasteiger partial charge on any atom is -0.433 e. The maximum atomic E-state index is 13.2. The molecular weight excluding hydrogens is 348 g/mol. The van der Waals surface area contributed by atoms with Crippen molar-refractivity contribution < 1.29 is 23.9 Å². The number of nitrogens with one attached hydrogen (secondary N) is 1. The van der Waals surface area contributed by atoms with Gasteiger partial charge in [0.25, 0.3) is 0 Å². The van der Waals surface area contributed by atoms with E-state index in [1.807, 2.05) is 39.5 Å². The third kappa shape index (κ3) is 3.84. The molecule has 3 aliphatic rings. The summed E-state index contributed by atoms with van der Waals surface area (Å²) < 4.78 is 10.6. The molecule has 0 aromatic carbocycles. The third-order valence-corrected chi connectivity index (χ3v) is 6.40. The van der Waals surface area contributed by atoms with Gasteiger partial charge in [-0.3, -0.25) is 14.4 Å². The summed E-state index contributed by atoms with van der Waals surface area (Å²) in [4.78, 5) is 39.8. The molecule has 2 heterocycles. The van der Waals surface area contributed by atoms with E-state index in [1.165, 1.54) is 0 Å². The number of hydrogen-bond donors (Lipinski definition) is 1. The number of carbonyl (C=O) groups excluding carboxylic acids is 3. The van der Waals surface area contributed by atoms with Crippen LogP contribution in [0.5, 0.6) is 0 Å². The van der Waals surface area contributed by atoms with Gasteiger partial charge in [-0.2, -0.15) is 0 Å². The number of likely N-dealkylation sites (tertiary alicyclic amines) is 1. The van der Waals surface area contributed by atoms with Crippen LogP contribution in [0.15, 0.2) is 0 Å². The number of rotatable bonds is 5. The summed E-state index contributed by atoms with van der Waals surface area (Å²) in [6.07, 6.45) is 2.16. The van der Waals surface area contributed by atoms with Crippen molar-refractivity contribution in [3.63, 3.8) is 0 Å². The molecule has 3 fully saturated rings. The van der Waals surface area contributed by atoms with Crippen LogP contribution in [0.25, 0.3) is 0 Å². The Morgan fingerprint density at radius 1 is 1.33 bits per heavy atom. The van der Waals surface area contributed by atoms with Crippen LogP contribution in [0, 0.1) is 17.3 Å². The average Bonchev–Trinajstić information content (AvgIpc) is 3.27. The first-order valence-electron chi connectivity index (χ1n) is 10.1. The quantitative estimate of drug-likeness (QED) is 0.736. The number of hydrogen-bond acceptors (Lipinski definition) is 5. The van der Waals surface area contributed by atoms with Crippen LogP contribution in [0.1, 0.15) is 60.3 Å². The van der Waals surface area contributed by atoms with Gasteiger partial charge in [-0.1, -0.05) is 27.7 Å². The molecule has 27 heavy (non-hydrogen) atoms. The summed E-state index contributed by atoms with van der Waals surface area (Å²) >= 11 is 0. The van der Waals surface area contributed by atoms with E-state index in [2.05, 4.69) is 5.32 Å². The van der Waals surface area contributed by atoms with E-state index < -0.39 is 18.4 Å². The molecule has 0 spiro atoms. The summed E-state index contributed by atoms with van der Waals surface area (Å²) in [7, 11) is 0. The molecule has 2 saturated heterocycles. The highest BCUT2D eigenvalue weighted by Crippen LogP contribution is 2.44. The van der Waals surface area contributed by atoms with Gasteiger partial charge in [-0.15, -0.1) is 0 Å². The van der Waals surface area contributed by atoms with E-state index in [4.69, 9.17) is 9.47 Å². The van der Waals surface area contributed by atoms with Gasteiger partial charge in [-0.25, -0.2) is 0 Å². The normalized spacial score (nSPS) is 33.9. The van der Waals surface area contributed by atoms with Gasteiger partial charge in [0.1, 0.15) is 12.1 Å². The Bertz CT molecular complexity index is 614. The second kappa shape index (κ2) is 7.41. The minimum atomic E-state index is -0.748. The van der Waals surface area contributed by atoms with Crippen LogP contribution in [-0.2, 0) is 23.9 Å². The first-order valence-corrected chi connectivity index (χ1v) is 10.1. The lowest BCUT2D eigenvalue weighted by molar-refractivity contribution is -0.165. The Morgan fingerprint density at radius 3 is 2.67 bits per heavy atom. The molecule has 6 atom stereocenters. The summed E-state index contributed by atoms with van der Waals surface area (Å²) in [5.74, 6) is -0.491. The van der Waals surface area contributed by atoms with Crippen molar-refractivity contribution in [1.82, 2.24) is 10.2 Å². The van der Waals surface area contributed by atoms with Crippen molar-refractivity contribution in [1.29, 1.82) is 0 Å². The summed E-state index contributed by atoms with van der Waals surface area (Å²) in [5, 5.41) is 2.93. The molecule has 0 radical (unpaired) electrons. The van der Waals surface area contributed by atoms with Crippen molar-refractivity contribution in [2.24, 2.45) is 17.3 Å². The Morgan fingerprint density at radius 2 is 2.04 bits per heavy atom. The molecule has 1 aliphatic carbocycles. The maximum absolute atomic E-state index is 13.2. The summed E-state index contributed by atoms with van der Waals surface area (Å²) in [6, 6.07) is -0.813. The fraction of sp³-hybridized carbons (Fsp3) is 0.850. The second-order valence-corrected chi connectivity index (χ2v) is 9.14. The van der Waals surface area contributed by atoms with E-state index in [9.17, 15) is 14.4 Å². The number of fused-ring (bicyclic) bond motifs is 2. The summed E-state index contributed by atoms with van der Waals surface area (Å²) in [6.45, 7) is 10.3. The lowest BCUT2D eigenvalue weighted by Crippen LogP contribution is -2.57. The molecular formula is C20H32N2O5. The molecule has 1 saturated carbocycles. The van der Waals surface area contributed by atoms with Crippen LogP contribution < -0.4 is 5.32 Å². The van der Waals surface area contributed by atoms with Crippen LogP contribution in [0.3, 0.4) is 0 Å². The molecule has 6 unspecified atom stereocenters. The average molecular weight is 380 g/mol. The lowest BCUT2D eigenvalue weighted by Gasteiger charge is -2.39. The van der Waals surface area contributed by atoms with Crippen molar-refractivity contribution in [3.05, 3.63) is 0 Å². The molecule has 0 aromatic rings. The molecule has 7 nitrogen and oxygen atoms in total. The Labute approximate surface area is 161 Å². The monoisotopic (exact) mass is 380 g/mol. The minimum absolute atomic E-state index is 0.0509. The van der Waals surface area contributed by atoms with E-state index >= 15 is 0 Å². The van der Waals surface area contributed by atoms with Crippen LogP contribution in [0.4, 0.5) is 0 Å². The Hall–Kier alpha value is -1.63.